The number of carbonyl (C=O) groups is 1. The molecule has 2 aromatic rings. The molecule has 7 nitrogen and oxygen atoms in total. The number of carbonyl (C=O) groups excluding carboxylic acids is 1. The summed E-state index contributed by atoms with van der Waals surface area (Å²) in [4.78, 5) is 17.8. The fraction of sp³-hybridized carbons (Fsp3) is 0.594. The minimum Gasteiger partial charge on any atom is -0.388 e. The van der Waals surface area contributed by atoms with Crippen LogP contribution >= 0.6 is 0 Å². The third-order valence-electron chi connectivity index (χ3n) is 7.99. The molecular weight excluding hydrogens is 488 g/mol. The van der Waals surface area contributed by atoms with Gasteiger partial charge in [-0.3, -0.25) is 9.69 Å². The van der Waals surface area contributed by atoms with Gasteiger partial charge in [0.15, 0.2) is 0 Å². The third-order valence-corrected chi connectivity index (χ3v) is 7.99. The highest BCUT2D eigenvalue weighted by Crippen LogP contribution is 2.30. The molecule has 0 radical (unpaired) electrons. The van der Waals surface area contributed by atoms with Gasteiger partial charge in [-0.1, -0.05) is 18.2 Å². The average molecular weight is 537 g/mol. The fourth-order valence-corrected chi connectivity index (χ4v) is 5.75. The molecule has 1 aliphatic heterocycles. The second kappa shape index (κ2) is 13.3. The number of anilines is 2. The number of nitrogens with one attached hydrogen (secondary N) is 2. The number of hydrogen-bond donors (Lipinski definition) is 3. The molecule has 2 aliphatic rings. The summed E-state index contributed by atoms with van der Waals surface area (Å²) in [6.45, 7) is 12.8. The van der Waals surface area contributed by atoms with Gasteiger partial charge in [0.05, 0.1) is 18.8 Å². The normalized spacial score (nSPS) is 22.5. The molecule has 39 heavy (non-hydrogen) atoms. The molecule has 0 spiro atoms. The van der Waals surface area contributed by atoms with Crippen molar-refractivity contribution in [1.82, 2.24) is 10.2 Å². The van der Waals surface area contributed by atoms with Gasteiger partial charge in [0.1, 0.15) is 0 Å². The van der Waals surface area contributed by atoms with E-state index in [4.69, 9.17) is 4.74 Å². The van der Waals surface area contributed by atoms with E-state index in [-0.39, 0.29) is 11.8 Å². The van der Waals surface area contributed by atoms with Gasteiger partial charge in [0.25, 0.3) is 0 Å². The zero-order valence-electron chi connectivity index (χ0n) is 24.5. The minimum atomic E-state index is -0.827. The lowest BCUT2D eigenvalue weighted by molar-refractivity contribution is -0.123. The first-order valence-corrected chi connectivity index (χ1v) is 14.6. The molecule has 0 unspecified atom stereocenters. The predicted molar refractivity (Wildman–Crippen MR) is 159 cm³/mol. The molecule has 1 atom stereocenters. The van der Waals surface area contributed by atoms with Crippen LogP contribution < -0.4 is 15.5 Å². The van der Waals surface area contributed by atoms with Crippen molar-refractivity contribution in [3.63, 3.8) is 0 Å². The van der Waals surface area contributed by atoms with E-state index in [0.717, 1.165) is 68.8 Å². The number of amides is 1. The molecule has 1 amide bonds. The van der Waals surface area contributed by atoms with Crippen molar-refractivity contribution in [3.05, 3.63) is 59.2 Å². The molecule has 2 aromatic carbocycles. The Bertz CT molecular complexity index is 1090. The zero-order valence-corrected chi connectivity index (χ0v) is 24.5. The van der Waals surface area contributed by atoms with Crippen LogP contribution in [-0.2, 0) is 22.7 Å². The van der Waals surface area contributed by atoms with E-state index in [1.807, 2.05) is 24.1 Å². The first-order chi connectivity index (χ1) is 18.6. The molecule has 1 saturated carbocycles. The van der Waals surface area contributed by atoms with E-state index in [1.54, 1.807) is 13.8 Å². The zero-order chi connectivity index (χ0) is 28.0. The maximum absolute atomic E-state index is 13.4. The lowest BCUT2D eigenvalue weighted by atomic mass is 9.85. The van der Waals surface area contributed by atoms with Gasteiger partial charge in [-0.25, -0.2) is 0 Å². The number of piperazine rings is 1. The molecular formula is C32H48N4O3. The van der Waals surface area contributed by atoms with Gasteiger partial charge in [-0.15, -0.1) is 0 Å². The number of hydrogen-bond acceptors (Lipinski definition) is 6. The molecule has 4 rings (SSSR count). The fourth-order valence-electron chi connectivity index (χ4n) is 5.75. The van der Waals surface area contributed by atoms with Crippen LogP contribution in [0.5, 0.6) is 0 Å². The summed E-state index contributed by atoms with van der Waals surface area (Å²) in [5.41, 5.74) is 4.91. The first kappa shape index (κ1) is 29.5. The largest absolute Gasteiger partial charge is 0.388 e. The Morgan fingerprint density at radius 3 is 2.64 bits per heavy atom. The molecule has 3 N–H and O–H groups in total. The molecule has 0 aromatic heterocycles. The van der Waals surface area contributed by atoms with Crippen molar-refractivity contribution in [2.24, 2.45) is 5.92 Å². The number of rotatable bonds is 10. The molecule has 214 valence electrons. The maximum atomic E-state index is 13.4. The second-order valence-corrected chi connectivity index (χ2v) is 12.3. The van der Waals surface area contributed by atoms with Crippen molar-refractivity contribution in [1.29, 1.82) is 0 Å². The Kier molecular flexibility index (Phi) is 10.0. The SMILES string of the molecule is Cc1cc(N(C)C(=O)C2CCC(Nc3cccc(COCC(C)(C)O)c3)CC2)ccc1CN1CCN[C@@H](C)C1. The Morgan fingerprint density at radius 2 is 1.95 bits per heavy atom. The molecule has 1 aliphatic carbocycles. The van der Waals surface area contributed by atoms with Gasteiger partial charge in [0.2, 0.25) is 5.91 Å². The third kappa shape index (κ3) is 8.77. The first-order valence-electron chi connectivity index (χ1n) is 14.6. The quantitative estimate of drug-likeness (QED) is 0.408. The smallest absolute Gasteiger partial charge is 0.229 e. The predicted octanol–water partition coefficient (Wildman–Crippen LogP) is 4.71. The topological polar surface area (TPSA) is 77.1 Å². The highest BCUT2D eigenvalue weighted by atomic mass is 16.5. The lowest BCUT2D eigenvalue weighted by Gasteiger charge is -2.33. The maximum Gasteiger partial charge on any atom is 0.229 e. The molecule has 0 bridgehead atoms. The van der Waals surface area contributed by atoms with Crippen molar-refractivity contribution < 1.29 is 14.6 Å². The van der Waals surface area contributed by atoms with Crippen LogP contribution in [0.1, 0.15) is 63.1 Å². The Labute approximate surface area is 234 Å². The number of benzene rings is 2. The molecule has 1 saturated heterocycles. The Hall–Kier alpha value is -2.45. The summed E-state index contributed by atoms with van der Waals surface area (Å²) < 4.78 is 5.66. The summed E-state index contributed by atoms with van der Waals surface area (Å²) in [5.74, 6) is 0.291. The highest BCUT2D eigenvalue weighted by molar-refractivity contribution is 5.94. The standard InChI is InChI=1S/C32H48N4O3/c1-23-17-30(14-11-27(23)20-36-16-15-33-24(2)19-36)35(5)31(37)26-9-12-28(13-10-26)34-29-8-6-7-25(18-29)21-39-22-32(3,4)38/h6-8,11,14,17-18,24,26,28,33-34,38H,9-10,12-13,15-16,19-22H2,1-5H3/t24-,26?,28?/m0/s1. The van der Waals surface area contributed by atoms with Crippen molar-refractivity contribution in [2.75, 3.05) is 43.5 Å². The Morgan fingerprint density at radius 1 is 1.18 bits per heavy atom. The summed E-state index contributed by atoms with van der Waals surface area (Å²) in [5, 5.41) is 17.0. The molecule has 2 fully saturated rings. The Balaban J connectivity index is 1.25. The lowest BCUT2D eigenvalue weighted by Crippen LogP contribution is -2.48. The van der Waals surface area contributed by atoms with Crippen molar-refractivity contribution in [3.8, 4) is 0 Å². The van der Waals surface area contributed by atoms with Crippen LogP contribution in [-0.4, -0.2) is 66.9 Å². The van der Waals surface area contributed by atoms with E-state index in [1.165, 1.54) is 11.1 Å². The van der Waals surface area contributed by atoms with Gasteiger partial charge in [-0.05, 0) is 94.3 Å². The molecule has 7 heteroatoms. The van der Waals surface area contributed by atoms with E-state index in [9.17, 15) is 9.90 Å². The van der Waals surface area contributed by atoms with Crippen LogP contribution in [0.2, 0.25) is 0 Å². The van der Waals surface area contributed by atoms with E-state index < -0.39 is 5.60 Å². The summed E-state index contributed by atoms with van der Waals surface area (Å²) in [6.07, 6.45) is 3.75. The van der Waals surface area contributed by atoms with Gasteiger partial charge < -0.3 is 25.4 Å². The highest BCUT2D eigenvalue weighted by Gasteiger charge is 2.29. The van der Waals surface area contributed by atoms with Crippen LogP contribution in [0.25, 0.3) is 0 Å². The molecule has 1 heterocycles. The summed E-state index contributed by atoms with van der Waals surface area (Å²) in [6, 6.07) is 15.6. The average Bonchev–Trinajstić information content (AvgIpc) is 2.89. The number of nitrogens with zero attached hydrogens (tertiary/aromatic N) is 2. The van der Waals surface area contributed by atoms with Gasteiger partial charge in [0, 0.05) is 62.6 Å². The van der Waals surface area contributed by atoms with E-state index >= 15 is 0 Å². The summed E-state index contributed by atoms with van der Waals surface area (Å²) in [7, 11) is 1.92. The monoisotopic (exact) mass is 536 g/mol. The van der Waals surface area contributed by atoms with Gasteiger partial charge in [-0.2, -0.15) is 0 Å². The van der Waals surface area contributed by atoms with Crippen molar-refractivity contribution >= 4 is 17.3 Å². The van der Waals surface area contributed by atoms with E-state index in [2.05, 4.69) is 59.7 Å². The number of aryl methyl sites for hydroxylation is 1. The van der Waals surface area contributed by atoms with Gasteiger partial charge >= 0.3 is 0 Å². The number of aliphatic hydroxyl groups is 1. The summed E-state index contributed by atoms with van der Waals surface area (Å²) >= 11 is 0. The van der Waals surface area contributed by atoms with Crippen LogP contribution in [0, 0.1) is 12.8 Å². The second-order valence-electron chi connectivity index (χ2n) is 12.3. The van der Waals surface area contributed by atoms with Crippen LogP contribution in [0.15, 0.2) is 42.5 Å². The number of ether oxygens (including phenoxy) is 1. The van der Waals surface area contributed by atoms with E-state index in [0.29, 0.717) is 25.3 Å². The van der Waals surface area contributed by atoms with Crippen molar-refractivity contribution in [2.45, 2.75) is 84.2 Å². The van der Waals surface area contributed by atoms with Crippen LogP contribution in [0.3, 0.4) is 0 Å². The van der Waals surface area contributed by atoms with Crippen LogP contribution in [0.4, 0.5) is 11.4 Å². The minimum absolute atomic E-state index is 0.0666.